The van der Waals surface area contributed by atoms with Crippen LogP contribution in [0.2, 0.25) is 0 Å². The van der Waals surface area contributed by atoms with Crippen molar-refractivity contribution in [3.8, 4) is 0 Å². The molecule has 0 spiro atoms. The van der Waals surface area contributed by atoms with Crippen molar-refractivity contribution in [1.29, 1.82) is 0 Å². The maximum atomic E-state index is 13.8. The molecular formula is C23H32N4O6S3. The monoisotopic (exact) mass is 556 g/mol. The Bertz CT molecular complexity index is 1350. The number of aliphatic hydroxyl groups is 1. The van der Waals surface area contributed by atoms with E-state index in [1.54, 1.807) is 5.38 Å². The van der Waals surface area contributed by atoms with Crippen LogP contribution >= 0.6 is 11.3 Å². The van der Waals surface area contributed by atoms with E-state index in [9.17, 15) is 26.7 Å². The lowest BCUT2D eigenvalue weighted by atomic mass is 9.59. The van der Waals surface area contributed by atoms with Crippen molar-refractivity contribution in [2.24, 2.45) is 28.1 Å². The highest BCUT2D eigenvalue weighted by atomic mass is 32.2. The van der Waals surface area contributed by atoms with Crippen molar-refractivity contribution in [1.82, 2.24) is 9.62 Å². The third-order valence-electron chi connectivity index (χ3n) is 7.81. The van der Waals surface area contributed by atoms with Gasteiger partial charge in [-0.1, -0.05) is 13.8 Å². The SMILES string of the molecule is CC(C)CCN1C(=O)C(C2=NS(=O)(=O)c3c(CNS(C)(=O)=O)csc3N2)=C(O)C2C3CCC(CC3)C21. The number of amides is 1. The van der Waals surface area contributed by atoms with Crippen molar-refractivity contribution in [3.05, 3.63) is 22.3 Å². The van der Waals surface area contributed by atoms with Gasteiger partial charge in [0.2, 0.25) is 10.0 Å². The highest BCUT2D eigenvalue weighted by Gasteiger charge is 2.54. The third kappa shape index (κ3) is 4.48. The van der Waals surface area contributed by atoms with Gasteiger partial charge in [0.1, 0.15) is 21.2 Å². The standard InChI is InChI=1S/C23H32N4O6S3/c1-12(2)8-9-27-18-14-6-4-13(5-7-14)16(18)19(28)17(23(27)29)21-25-22-20(36(32,33)26-21)15(11-34-22)10-24-35(3,30)31/h11-14,16,18,24,28H,4-10H2,1-3H3,(H,25,26). The quantitative estimate of drug-likeness (QED) is 0.468. The predicted molar refractivity (Wildman–Crippen MR) is 138 cm³/mol. The summed E-state index contributed by atoms with van der Waals surface area (Å²) >= 11 is 1.09. The molecule has 6 rings (SSSR count). The number of sulfonamides is 2. The van der Waals surface area contributed by atoms with Crippen molar-refractivity contribution in [2.45, 2.75) is 63.4 Å². The van der Waals surface area contributed by atoms with Crippen LogP contribution in [0.15, 0.2) is 26.0 Å². The summed E-state index contributed by atoms with van der Waals surface area (Å²) in [6.07, 6.45) is 5.85. The van der Waals surface area contributed by atoms with Crippen LogP contribution in [0.25, 0.3) is 0 Å². The fraction of sp³-hybridized carbons (Fsp3) is 0.652. The van der Waals surface area contributed by atoms with Gasteiger partial charge in [0, 0.05) is 30.6 Å². The second kappa shape index (κ2) is 9.10. The minimum atomic E-state index is -4.24. The average Bonchev–Trinajstić information content (AvgIpc) is 3.21. The Kier molecular flexibility index (Phi) is 6.49. The molecule has 198 valence electrons. The summed E-state index contributed by atoms with van der Waals surface area (Å²) < 4.78 is 55.7. The Hall–Kier alpha value is -1.96. The summed E-state index contributed by atoms with van der Waals surface area (Å²) in [7, 11) is -7.77. The second-order valence-electron chi connectivity index (χ2n) is 10.7. The number of rotatable bonds is 7. The summed E-state index contributed by atoms with van der Waals surface area (Å²) in [5.41, 5.74) is 0.207. The molecule has 1 amide bonds. The van der Waals surface area contributed by atoms with E-state index >= 15 is 0 Å². The lowest BCUT2D eigenvalue weighted by Gasteiger charge is -2.55. The molecule has 3 aliphatic carbocycles. The Morgan fingerprint density at radius 1 is 1.25 bits per heavy atom. The maximum absolute atomic E-state index is 13.8. The van der Waals surface area contributed by atoms with E-state index in [1.165, 1.54) is 0 Å². The largest absolute Gasteiger partial charge is 0.511 e. The van der Waals surface area contributed by atoms with Gasteiger partial charge in [0.25, 0.3) is 15.9 Å². The van der Waals surface area contributed by atoms with Gasteiger partial charge in [-0.25, -0.2) is 13.1 Å². The molecule has 5 aliphatic rings. The normalized spacial score (nSPS) is 29.2. The first-order chi connectivity index (χ1) is 16.9. The number of carbonyl (C=O) groups is 1. The molecule has 2 unspecified atom stereocenters. The van der Waals surface area contributed by atoms with Crippen molar-refractivity contribution in [2.75, 3.05) is 18.1 Å². The Labute approximate surface area is 216 Å². The van der Waals surface area contributed by atoms with E-state index in [0.717, 1.165) is 49.7 Å². The minimum absolute atomic E-state index is 0.0550. The first-order valence-electron chi connectivity index (χ1n) is 12.3. The number of carbonyl (C=O) groups excluding carboxylic acids is 1. The smallest absolute Gasteiger partial charge is 0.287 e. The second-order valence-corrected chi connectivity index (χ2v) is 14.9. The topological polar surface area (TPSA) is 145 Å². The van der Waals surface area contributed by atoms with Crippen LogP contribution in [-0.4, -0.2) is 57.4 Å². The molecule has 3 heterocycles. The number of aliphatic hydroxyl groups excluding tert-OH is 1. The van der Waals surface area contributed by atoms with Gasteiger partial charge in [0.15, 0.2) is 5.84 Å². The van der Waals surface area contributed by atoms with E-state index in [4.69, 9.17) is 0 Å². The van der Waals surface area contributed by atoms with Crippen LogP contribution in [0.4, 0.5) is 5.00 Å². The molecule has 3 fully saturated rings. The van der Waals surface area contributed by atoms with E-state index in [1.807, 2.05) is 4.90 Å². The van der Waals surface area contributed by atoms with Gasteiger partial charge in [-0.3, -0.25) is 4.79 Å². The van der Waals surface area contributed by atoms with E-state index < -0.39 is 20.0 Å². The van der Waals surface area contributed by atoms with Gasteiger partial charge < -0.3 is 15.3 Å². The highest BCUT2D eigenvalue weighted by molar-refractivity contribution is 7.91. The molecule has 1 aromatic heterocycles. The molecule has 3 N–H and O–H groups in total. The summed E-state index contributed by atoms with van der Waals surface area (Å²) in [5.74, 6) is 0.142. The predicted octanol–water partition coefficient (Wildman–Crippen LogP) is 2.82. The van der Waals surface area contributed by atoms with Crippen molar-refractivity contribution >= 4 is 48.1 Å². The number of thiophene rings is 1. The molecule has 10 nitrogen and oxygen atoms in total. The molecule has 2 aliphatic heterocycles. The molecule has 0 aromatic carbocycles. The van der Waals surface area contributed by atoms with E-state index in [-0.39, 0.29) is 63.0 Å². The van der Waals surface area contributed by atoms with Gasteiger partial charge in [0.05, 0.1) is 6.26 Å². The molecule has 13 heteroatoms. The summed E-state index contributed by atoms with van der Waals surface area (Å²) in [6, 6.07) is -0.0701. The lowest BCUT2D eigenvalue weighted by Crippen LogP contribution is -2.60. The Morgan fingerprint density at radius 3 is 2.56 bits per heavy atom. The van der Waals surface area contributed by atoms with Crippen LogP contribution < -0.4 is 10.0 Å². The van der Waals surface area contributed by atoms with Gasteiger partial charge in [-0.05, 0) is 55.2 Å². The fourth-order valence-electron chi connectivity index (χ4n) is 6.16. The van der Waals surface area contributed by atoms with Crippen LogP contribution in [-0.2, 0) is 31.4 Å². The molecule has 0 saturated heterocycles. The first kappa shape index (κ1) is 25.7. The molecule has 1 aromatic rings. The van der Waals surface area contributed by atoms with Crippen molar-refractivity contribution < 1.29 is 26.7 Å². The lowest BCUT2D eigenvalue weighted by molar-refractivity contribution is -0.139. The minimum Gasteiger partial charge on any atom is -0.511 e. The average molecular weight is 557 g/mol. The molecule has 0 radical (unpaired) electrons. The highest BCUT2D eigenvalue weighted by Crippen LogP contribution is 2.52. The van der Waals surface area contributed by atoms with Crippen molar-refractivity contribution in [3.63, 3.8) is 0 Å². The zero-order valence-electron chi connectivity index (χ0n) is 20.5. The Morgan fingerprint density at radius 2 is 1.92 bits per heavy atom. The van der Waals surface area contributed by atoms with Crippen LogP contribution in [0, 0.1) is 23.7 Å². The number of amidine groups is 1. The number of anilines is 1. The third-order valence-corrected chi connectivity index (χ3v) is 11.0. The molecular weight excluding hydrogens is 524 g/mol. The van der Waals surface area contributed by atoms with Gasteiger partial charge in [-0.15, -0.1) is 15.7 Å². The first-order valence-corrected chi connectivity index (χ1v) is 16.5. The zero-order chi connectivity index (χ0) is 26.0. The van der Waals surface area contributed by atoms with Crippen LogP contribution in [0.3, 0.4) is 0 Å². The number of hydrogen-bond donors (Lipinski definition) is 3. The van der Waals surface area contributed by atoms with E-state index in [0.29, 0.717) is 18.4 Å². The van der Waals surface area contributed by atoms with Crippen LogP contribution in [0.5, 0.6) is 0 Å². The number of hydrogen-bond acceptors (Lipinski definition) is 8. The Balaban J connectivity index is 1.54. The summed E-state index contributed by atoms with van der Waals surface area (Å²) in [6.45, 7) is 4.55. The summed E-state index contributed by atoms with van der Waals surface area (Å²) in [5, 5.41) is 16.2. The maximum Gasteiger partial charge on any atom is 0.287 e. The fourth-order valence-corrected chi connectivity index (χ4v) is 9.19. The number of nitrogens with zero attached hydrogens (tertiary/aromatic N) is 2. The molecule has 2 atom stereocenters. The van der Waals surface area contributed by atoms with Gasteiger partial charge >= 0.3 is 0 Å². The number of fused-ring (bicyclic) bond motifs is 3. The zero-order valence-corrected chi connectivity index (χ0v) is 23.0. The van der Waals surface area contributed by atoms with Gasteiger partial charge in [-0.2, -0.15) is 8.42 Å². The van der Waals surface area contributed by atoms with Crippen LogP contribution in [0.1, 0.15) is 51.5 Å². The molecule has 2 bridgehead atoms. The van der Waals surface area contributed by atoms with E-state index in [2.05, 4.69) is 28.3 Å². The number of nitrogens with one attached hydrogen (secondary N) is 2. The molecule has 3 saturated carbocycles. The summed E-state index contributed by atoms with van der Waals surface area (Å²) in [4.78, 5) is 15.6. The molecule has 36 heavy (non-hydrogen) atoms.